The molecular weight excluding hydrogens is 150 g/mol. The average molecular weight is 164 g/mol. The quantitative estimate of drug-likeness (QED) is 0.468. The number of hydrogen-bond acceptors (Lipinski definition) is 2. The van der Waals surface area contributed by atoms with Crippen molar-refractivity contribution in [1.82, 2.24) is 5.01 Å². The van der Waals surface area contributed by atoms with Crippen molar-refractivity contribution in [3.8, 4) is 0 Å². The molecule has 0 aromatic rings. The van der Waals surface area contributed by atoms with Crippen molar-refractivity contribution in [3.05, 3.63) is 0 Å². The van der Waals surface area contributed by atoms with Crippen LogP contribution in [0.5, 0.6) is 0 Å². The van der Waals surface area contributed by atoms with Crippen LogP contribution < -0.4 is 5.84 Å². The Labute approximate surface area is 65.3 Å². The van der Waals surface area contributed by atoms with Crippen LogP contribution in [0.25, 0.3) is 0 Å². The van der Waals surface area contributed by atoms with Gasteiger partial charge in [-0.1, -0.05) is 0 Å². The molecule has 0 heterocycles. The Balaban J connectivity index is 2.36. The zero-order valence-electron chi connectivity index (χ0n) is 6.69. The van der Waals surface area contributed by atoms with Gasteiger partial charge in [-0.3, -0.25) is 5.84 Å². The smallest absolute Gasteiger partial charge is 0.248 e. The number of nitrogens with two attached hydrogens (primary N) is 1. The molecule has 66 valence electrons. The van der Waals surface area contributed by atoms with Crippen LogP contribution in [0.2, 0.25) is 0 Å². The van der Waals surface area contributed by atoms with Crippen molar-refractivity contribution in [3.63, 3.8) is 0 Å². The molecule has 0 amide bonds. The van der Waals surface area contributed by atoms with E-state index in [1.165, 1.54) is 5.01 Å². The lowest BCUT2D eigenvalue weighted by Gasteiger charge is -2.31. The van der Waals surface area contributed by atoms with Gasteiger partial charge in [0.2, 0.25) is 5.92 Å². The van der Waals surface area contributed by atoms with E-state index in [-0.39, 0.29) is 18.9 Å². The molecule has 4 heteroatoms. The van der Waals surface area contributed by atoms with Gasteiger partial charge in [0.25, 0.3) is 0 Å². The second-order valence-electron chi connectivity index (χ2n) is 3.25. The molecule has 0 saturated heterocycles. The lowest BCUT2D eigenvalue weighted by atomic mass is 9.92. The number of nitrogens with zero attached hydrogens (tertiary/aromatic N) is 1. The molecule has 1 aliphatic rings. The Morgan fingerprint density at radius 2 is 1.82 bits per heavy atom. The molecule has 0 spiro atoms. The highest BCUT2D eigenvalue weighted by Gasteiger charge is 2.35. The van der Waals surface area contributed by atoms with Crippen molar-refractivity contribution < 1.29 is 8.78 Å². The van der Waals surface area contributed by atoms with Crippen LogP contribution in [0.1, 0.15) is 25.7 Å². The van der Waals surface area contributed by atoms with E-state index in [0.717, 1.165) is 0 Å². The summed E-state index contributed by atoms with van der Waals surface area (Å²) in [5.41, 5.74) is 0. The summed E-state index contributed by atoms with van der Waals surface area (Å²) in [7, 11) is 1.73. The van der Waals surface area contributed by atoms with Crippen LogP contribution in [0, 0.1) is 0 Å². The van der Waals surface area contributed by atoms with Gasteiger partial charge in [-0.25, -0.2) is 13.8 Å². The SMILES string of the molecule is CN(N)C1CCC(F)(F)CC1. The van der Waals surface area contributed by atoms with E-state index < -0.39 is 5.92 Å². The van der Waals surface area contributed by atoms with Gasteiger partial charge < -0.3 is 0 Å². The van der Waals surface area contributed by atoms with Gasteiger partial charge in [0.1, 0.15) is 0 Å². The number of hydrazine groups is 1. The van der Waals surface area contributed by atoms with Crippen LogP contribution in [0.15, 0.2) is 0 Å². The van der Waals surface area contributed by atoms with Gasteiger partial charge in [0.05, 0.1) is 0 Å². The van der Waals surface area contributed by atoms with Gasteiger partial charge >= 0.3 is 0 Å². The second-order valence-corrected chi connectivity index (χ2v) is 3.25. The third-order valence-electron chi connectivity index (χ3n) is 2.26. The highest BCUT2D eigenvalue weighted by atomic mass is 19.3. The monoisotopic (exact) mass is 164 g/mol. The molecule has 2 nitrogen and oxygen atoms in total. The zero-order valence-corrected chi connectivity index (χ0v) is 6.69. The molecule has 0 unspecified atom stereocenters. The number of halogens is 2. The van der Waals surface area contributed by atoms with Gasteiger partial charge in [-0.05, 0) is 12.8 Å². The molecule has 1 aliphatic carbocycles. The summed E-state index contributed by atoms with van der Waals surface area (Å²) in [6.07, 6.45) is 0.998. The standard InChI is InChI=1S/C7H14F2N2/c1-11(10)6-2-4-7(8,9)5-3-6/h6H,2-5,10H2,1H3. The minimum atomic E-state index is -2.44. The van der Waals surface area contributed by atoms with Gasteiger partial charge in [-0.2, -0.15) is 0 Å². The van der Waals surface area contributed by atoms with Gasteiger partial charge in [0.15, 0.2) is 0 Å². The molecule has 0 aliphatic heterocycles. The summed E-state index contributed by atoms with van der Waals surface area (Å²) in [5.74, 6) is 3.01. The van der Waals surface area contributed by atoms with Crippen LogP contribution in [0.4, 0.5) is 8.78 Å². The minimum Gasteiger partial charge on any atom is -0.269 e. The summed E-state index contributed by atoms with van der Waals surface area (Å²) in [4.78, 5) is 0. The Morgan fingerprint density at radius 1 is 1.36 bits per heavy atom. The van der Waals surface area contributed by atoms with Gasteiger partial charge in [0, 0.05) is 25.9 Å². The van der Waals surface area contributed by atoms with E-state index in [4.69, 9.17) is 5.84 Å². The summed E-state index contributed by atoms with van der Waals surface area (Å²) in [5, 5.41) is 1.54. The maximum atomic E-state index is 12.6. The van der Waals surface area contributed by atoms with Crippen LogP contribution in [-0.4, -0.2) is 24.0 Å². The third kappa shape index (κ3) is 2.38. The van der Waals surface area contributed by atoms with Crippen LogP contribution in [0.3, 0.4) is 0 Å². The Bertz CT molecular complexity index is 126. The predicted octanol–water partition coefficient (Wildman–Crippen LogP) is 1.37. The van der Waals surface area contributed by atoms with E-state index in [0.29, 0.717) is 12.8 Å². The maximum absolute atomic E-state index is 12.6. The minimum absolute atomic E-state index is 0.0147. The maximum Gasteiger partial charge on any atom is 0.248 e. The van der Waals surface area contributed by atoms with E-state index in [2.05, 4.69) is 0 Å². The van der Waals surface area contributed by atoms with Crippen LogP contribution >= 0.6 is 0 Å². The zero-order chi connectivity index (χ0) is 8.48. The van der Waals surface area contributed by atoms with Crippen molar-refractivity contribution in [2.45, 2.75) is 37.6 Å². The predicted molar refractivity (Wildman–Crippen MR) is 39.2 cm³/mol. The molecule has 0 atom stereocenters. The first-order valence-electron chi connectivity index (χ1n) is 3.87. The highest BCUT2D eigenvalue weighted by molar-refractivity contribution is 4.80. The van der Waals surface area contributed by atoms with Crippen molar-refractivity contribution in [1.29, 1.82) is 0 Å². The lowest BCUT2D eigenvalue weighted by Crippen LogP contribution is -2.42. The first-order chi connectivity index (χ1) is 5.01. The Morgan fingerprint density at radius 3 is 2.18 bits per heavy atom. The molecule has 11 heavy (non-hydrogen) atoms. The number of alkyl halides is 2. The number of rotatable bonds is 1. The largest absolute Gasteiger partial charge is 0.269 e. The summed E-state index contributed by atoms with van der Waals surface area (Å²) < 4.78 is 25.2. The first kappa shape index (κ1) is 8.87. The topological polar surface area (TPSA) is 29.3 Å². The van der Waals surface area contributed by atoms with Crippen LogP contribution in [-0.2, 0) is 0 Å². The van der Waals surface area contributed by atoms with Crippen molar-refractivity contribution in [2.24, 2.45) is 5.84 Å². The number of hydrogen-bond donors (Lipinski definition) is 1. The Kier molecular flexibility index (Phi) is 2.44. The molecule has 0 aromatic heterocycles. The molecule has 1 saturated carbocycles. The third-order valence-corrected chi connectivity index (χ3v) is 2.26. The van der Waals surface area contributed by atoms with E-state index in [1.54, 1.807) is 7.05 Å². The first-order valence-corrected chi connectivity index (χ1v) is 3.87. The fraction of sp³-hybridized carbons (Fsp3) is 1.00. The lowest BCUT2D eigenvalue weighted by molar-refractivity contribution is -0.0513. The van der Waals surface area contributed by atoms with Crippen molar-refractivity contribution >= 4 is 0 Å². The molecule has 1 fully saturated rings. The average Bonchev–Trinajstić information content (AvgIpc) is 1.86. The second kappa shape index (κ2) is 3.03. The molecule has 0 bridgehead atoms. The molecular formula is C7H14F2N2. The van der Waals surface area contributed by atoms with E-state index in [9.17, 15) is 8.78 Å². The molecule has 1 rings (SSSR count). The fourth-order valence-electron chi connectivity index (χ4n) is 1.43. The summed E-state index contributed by atoms with van der Waals surface area (Å²) in [6, 6.07) is 0.148. The fourth-order valence-corrected chi connectivity index (χ4v) is 1.43. The van der Waals surface area contributed by atoms with Crippen molar-refractivity contribution in [2.75, 3.05) is 7.05 Å². The summed E-state index contributed by atoms with van der Waals surface area (Å²) >= 11 is 0. The molecule has 0 radical (unpaired) electrons. The van der Waals surface area contributed by atoms with E-state index in [1.807, 2.05) is 0 Å². The molecule has 0 aromatic carbocycles. The highest BCUT2D eigenvalue weighted by Crippen LogP contribution is 2.33. The van der Waals surface area contributed by atoms with E-state index >= 15 is 0 Å². The Hall–Kier alpha value is -0.220. The normalized spacial score (nSPS) is 25.9. The summed E-state index contributed by atoms with van der Waals surface area (Å²) in [6.45, 7) is 0. The molecule has 2 N–H and O–H groups in total. The van der Waals surface area contributed by atoms with Gasteiger partial charge in [-0.15, -0.1) is 0 Å².